The molecule has 0 saturated heterocycles. The van der Waals surface area contributed by atoms with E-state index in [2.05, 4.69) is 20.8 Å². The van der Waals surface area contributed by atoms with E-state index in [0.717, 1.165) is 36.9 Å². The van der Waals surface area contributed by atoms with Crippen molar-refractivity contribution in [1.82, 2.24) is 25.1 Å². The molecule has 254 valence electrons. The molecule has 8 nitrogen and oxygen atoms in total. The van der Waals surface area contributed by atoms with Gasteiger partial charge in [-0.2, -0.15) is 0 Å². The van der Waals surface area contributed by atoms with Gasteiger partial charge in [0.25, 0.3) is 0 Å². The molecule has 2 amide bonds. The average Bonchev–Trinajstić information content (AvgIpc) is 3.78. The van der Waals surface area contributed by atoms with Crippen LogP contribution in [0.2, 0.25) is 5.02 Å². The van der Waals surface area contributed by atoms with E-state index >= 15 is 0 Å². The summed E-state index contributed by atoms with van der Waals surface area (Å²) in [6, 6.07) is 42.5. The molecule has 0 radical (unpaired) electrons. The Morgan fingerprint density at radius 2 is 1.47 bits per heavy atom. The van der Waals surface area contributed by atoms with Gasteiger partial charge >= 0.3 is 0 Å². The SMILES string of the molecule is C[C@@H](Sc1nnc(-c2ccc(Cl)cc2)n1-c1ccccc1)C(=O)Nc1ccc2nc(SCC(=O)NC(c3ccccc3)c3ccccc3)sc2c1. The zero-order chi connectivity index (χ0) is 35.2. The normalized spacial score (nSPS) is 11.8. The monoisotopic (exact) mass is 746 g/mol. The van der Waals surface area contributed by atoms with E-state index in [-0.39, 0.29) is 23.6 Å². The first-order valence-electron chi connectivity index (χ1n) is 16.1. The number of anilines is 1. The number of halogens is 1. The maximum atomic E-state index is 13.4. The van der Waals surface area contributed by atoms with Crippen LogP contribution >= 0.6 is 46.5 Å². The second-order valence-electron chi connectivity index (χ2n) is 11.5. The number of carbonyl (C=O) groups is 2. The summed E-state index contributed by atoms with van der Waals surface area (Å²) < 4.78 is 3.64. The summed E-state index contributed by atoms with van der Waals surface area (Å²) in [4.78, 5) is 31.3. The highest BCUT2D eigenvalue weighted by Gasteiger charge is 2.23. The molecule has 0 bridgehead atoms. The number of aromatic nitrogens is 4. The lowest BCUT2D eigenvalue weighted by molar-refractivity contribution is -0.119. The van der Waals surface area contributed by atoms with Gasteiger partial charge < -0.3 is 10.6 Å². The number of rotatable bonds is 12. The molecule has 0 aliphatic carbocycles. The van der Waals surface area contributed by atoms with Crippen LogP contribution in [0.3, 0.4) is 0 Å². The van der Waals surface area contributed by atoms with Crippen LogP contribution in [0, 0.1) is 0 Å². The Morgan fingerprint density at radius 1 is 0.824 bits per heavy atom. The number of nitrogens with zero attached hydrogens (tertiary/aromatic N) is 4. The van der Waals surface area contributed by atoms with Gasteiger partial charge in [0.1, 0.15) is 0 Å². The van der Waals surface area contributed by atoms with Crippen LogP contribution in [-0.4, -0.2) is 42.6 Å². The topological polar surface area (TPSA) is 102 Å². The molecule has 12 heteroatoms. The fourth-order valence-electron chi connectivity index (χ4n) is 5.42. The minimum Gasteiger partial charge on any atom is -0.344 e. The van der Waals surface area contributed by atoms with Crippen molar-refractivity contribution in [2.24, 2.45) is 0 Å². The Morgan fingerprint density at radius 3 is 2.14 bits per heavy atom. The summed E-state index contributed by atoms with van der Waals surface area (Å²) in [5, 5.41) is 15.9. The van der Waals surface area contributed by atoms with Crippen molar-refractivity contribution >= 4 is 74.2 Å². The molecule has 0 saturated carbocycles. The number of benzene rings is 5. The number of carbonyl (C=O) groups excluding carboxylic acids is 2. The Kier molecular flexibility index (Phi) is 10.8. The molecule has 2 N–H and O–H groups in total. The number of fused-ring (bicyclic) bond motifs is 1. The summed E-state index contributed by atoms with van der Waals surface area (Å²) >= 11 is 10.3. The van der Waals surface area contributed by atoms with Crippen molar-refractivity contribution in [3.63, 3.8) is 0 Å². The average molecular weight is 747 g/mol. The van der Waals surface area contributed by atoms with Crippen molar-refractivity contribution in [1.29, 1.82) is 0 Å². The minimum atomic E-state index is -0.480. The van der Waals surface area contributed by atoms with Gasteiger partial charge in [0, 0.05) is 22.0 Å². The Labute approximate surface area is 312 Å². The lowest BCUT2D eigenvalue weighted by atomic mass is 9.99. The first-order valence-corrected chi connectivity index (χ1v) is 19.1. The van der Waals surface area contributed by atoms with Crippen LogP contribution < -0.4 is 10.6 Å². The van der Waals surface area contributed by atoms with Gasteiger partial charge in [0.05, 0.1) is 27.3 Å². The van der Waals surface area contributed by atoms with E-state index in [4.69, 9.17) is 16.6 Å². The predicted molar refractivity (Wildman–Crippen MR) is 209 cm³/mol. The first-order chi connectivity index (χ1) is 24.9. The van der Waals surface area contributed by atoms with Crippen LogP contribution in [0.15, 0.2) is 143 Å². The molecule has 7 rings (SSSR count). The fourth-order valence-corrected chi connectivity index (χ4v) is 8.33. The van der Waals surface area contributed by atoms with Crippen molar-refractivity contribution in [3.8, 4) is 17.1 Å². The fraction of sp³-hybridized carbons (Fsp3) is 0.103. The maximum Gasteiger partial charge on any atom is 0.237 e. The van der Waals surface area contributed by atoms with Gasteiger partial charge in [-0.1, -0.05) is 114 Å². The van der Waals surface area contributed by atoms with Gasteiger partial charge in [0.15, 0.2) is 15.3 Å². The maximum absolute atomic E-state index is 13.4. The van der Waals surface area contributed by atoms with Gasteiger partial charge in [-0.05, 0) is 72.6 Å². The van der Waals surface area contributed by atoms with E-state index in [1.807, 2.05) is 145 Å². The van der Waals surface area contributed by atoms with Crippen LogP contribution in [0.4, 0.5) is 5.69 Å². The molecular weight excluding hydrogens is 716 g/mol. The number of para-hydroxylation sites is 1. The number of nitrogens with one attached hydrogen (secondary N) is 2. The molecule has 2 heterocycles. The molecule has 0 aliphatic heterocycles. The minimum absolute atomic E-state index is 0.0835. The summed E-state index contributed by atoms with van der Waals surface area (Å²) in [7, 11) is 0. The zero-order valence-electron chi connectivity index (χ0n) is 27.3. The zero-order valence-corrected chi connectivity index (χ0v) is 30.5. The second kappa shape index (κ2) is 15.9. The van der Waals surface area contributed by atoms with Crippen molar-refractivity contribution in [3.05, 3.63) is 150 Å². The van der Waals surface area contributed by atoms with E-state index in [9.17, 15) is 9.59 Å². The highest BCUT2D eigenvalue weighted by molar-refractivity contribution is 8.01. The van der Waals surface area contributed by atoms with Crippen LogP contribution in [0.1, 0.15) is 24.1 Å². The number of hydrogen-bond donors (Lipinski definition) is 2. The standard InChI is InChI=1S/C39H31ClN6O2S3/c1-25(50-38-45-44-36(28-17-19-29(40)20-18-28)46(38)31-15-9-4-10-16-31)37(48)41-30-21-22-32-33(23-30)51-39(42-32)49-24-34(47)43-35(26-11-5-2-6-12-26)27-13-7-3-8-14-27/h2-23,25,35H,24H2,1H3,(H,41,48)(H,43,47)/t25-/m1/s1. The van der Waals surface area contributed by atoms with Gasteiger partial charge in [0.2, 0.25) is 11.8 Å². The third-order valence-electron chi connectivity index (χ3n) is 7.94. The molecule has 0 spiro atoms. The molecule has 0 unspecified atom stereocenters. The number of amides is 2. The molecular formula is C39H31ClN6O2S3. The number of thioether (sulfide) groups is 2. The summed E-state index contributed by atoms with van der Waals surface area (Å²) in [5.41, 5.74) is 5.25. The van der Waals surface area contributed by atoms with E-state index in [1.54, 1.807) is 0 Å². The highest BCUT2D eigenvalue weighted by Crippen LogP contribution is 2.34. The van der Waals surface area contributed by atoms with Crippen molar-refractivity contribution in [2.75, 3.05) is 11.1 Å². The van der Waals surface area contributed by atoms with Gasteiger partial charge in [-0.3, -0.25) is 14.2 Å². The molecule has 7 aromatic rings. The predicted octanol–water partition coefficient (Wildman–Crippen LogP) is 9.31. The van der Waals surface area contributed by atoms with E-state index in [1.165, 1.54) is 34.9 Å². The van der Waals surface area contributed by atoms with Crippen LogP contribution in [0.25, 0.3) is 27.3 Å². The highest BCUT2D eigenvalue weighted by atomic mass is 35.5. The lowest BCUT2D eigenvalue weighted by Crippen LogP contribution is -2.30. The number of thiazole rings is 1. The molecule has 2 aromatic heterocycles. The molecule has 0 fully saturated rings. The van der Waals surface area contributed by atoms with Crippen LogP contribution in [-0.2, 0) is 9.59 Å². The largest absolute Gasteiger partial charge is 0.344 e. The van der Waals surface area contributed by atoms with E-state index < -0.39 is 5.25 Å². The third-order valence-corrected chi connectivity index (χ3v) is 11.4. The third kappa shape index (κ3) is 8.34. The first kappa shape index (κ1) is 34.5. The summed E-state index contributed by atoms with van der Waals surface area (Å²) in [5.74, 6) is 0.626. The molecule has 51 heavy (non-hydrogen) atoms. The summed E-state index contributed by atoms with van der Waals surface area (Å²) in [6.07, 6.45) is 0. The Hall–Kier alpha value is -4.94. The Bertz CT molecular complexity index is 2230. The molecule has 5 aromatic carbocycles. The molecule has 1 atom stereocenters. The second-order valence-corrected chi connectivity index (χ2v) is 15.5. The van der Waals surface area contributed by atoms with Crippen molar-refractivity contribution in [2.45, 2.75) is 27.7 Å². The number of hydrogen-bond acceptors (Lipinski definition) is 8. The quantitative estimate of drug-likeness (QED) is 0.120. The van der Waals surface area contributed by atoms with Gasteiger partial charge in [-0.25, -0.2) is 4.98 Å². The van der Waals surface area contributed by atoms with Crippen LogP contribution in [0.5, 0.6) is 0 Å². The van der Waals surface area contributed by atoms with E-state index in [0.29, 0.717) is 21.7 Å². The molecule has 0 aliphatic rings. The Balaban J connectivity index is 1.00. The van der Waals surface area contributed by atoms with Gasteiger partial charge in [-0.15, -0.1) is 21.5 Å². The summed E-state index contributed by atoms with van der Waals surface area (Å²) in [6.45, 7) is 1.84. The lowest BCUT2D eigenvalue weighted by Gasteiger charge is -2.19. The van der Waals surface area contributed by atoms with Crippen molar-refractivity contribution < 1.29 is 9.59 Å². The smallest absolute Gasteiger partial charge is 0.237 e.